The van der Waals surface area contributed by atoms with E-state index in [1.54, 1.807) is 6.20 Å². The molecule has 5 heteroatoms. The van der Waals surface area contributed by atoms with Gasteiger partial charge in [0.25, 0.3) is 0 Å². The standard InChI is InChI=1S/C7H10BrN3O/c1-9-2-3-12-7-6(8)4-10-5-11-7/h4-5,9H,2-3H2,1H3. The second-order valence-corrected chi connectivity index (χ2v) is 2.98. The van der Waals surface area contributed by atoms with Gasteiger partial charge in [0.2, 0.25) is 5.88 Å². The van der Waals surface area contributed by atoms with Gasteiger partial charge in [-0.1, -0.05) is 0 Å². The molecule has 0 atom stereocenters. The van der Waals surface area contributed by atoms with Crippen LogP contribution < -0.4 is 10.1 Å². The molecule has 0 fully saturated rings. The zero-order valence-corrected chi connectivity index (χ0v) is 8.34. The maximum absolute atomic E-state index is 5.32. The van der Waals surface area contributed by atoms with Gasteiger partial charge in [-0.3, -0.25) is 0 Å². The maximum Gasteiger partial charge on any atom is 0.231 e. The summed E-state index contributed by atoms with van der Waals surface area (Å²) in [6.07, 6.45) is 3.11. The van der Waals surface area contributed by atoms with Crippen molar-refractivity contribution in [2.45, 2.75) is 0 Å². The number of ether oxygens (including phenoxy) is 1. The molecule has 0 bridgehead atoms. The third-order valence-electron chi connectivity index (χ3n) is 1.22. The topological polar surface area (TPSA) is 47.0 Å². The quantitative estimate of drug-likeness (QED) is 0.781. The summed E-state index contributed by atoms with van der Waals surface area (Å²) in [4.78, 5) is 7.76. The molecule has 1 rings (SSSR count). The number of aromatic nitrogens is 2. The van der Waals surface area contributed by atoms with E-state index in [1.165, 1.54) is 6.33 Å². The van der Waals surface area contributed by atoms with Gasteiger partial charge < -0.3 is 10.1 Å². The highest BCUT2D eigenvalue weighted by atomic mass is 79.9. The van der Waals surface area contributed by atoms with Crippen molar-refractivity contribution in [3.63, 3.8) is 0 Å². The molecule has 1 N–H and O–H groups in total. The number of nitrogens with one attached hydrogen (secondary N) is 1. The number of halogens is 1. The van der Waals surface area contributed by atoms with Crippen LogP contribution in [0, 0.1) is 0 Å². The number of likely N-dealkylation sites (N-methyl/N-ethyl adjacent to an activating group) is 1. The second-order valence-electron chi connectivity index (χ2n) is 2.13. The van der Waals surface area contributed by atoms with Crippen molar-refractivity contribution in [1.82, 2.24) is 15.3 Å². The Bertz CT molecular complexity index is 244. The summed E-state index contributed by atoms with van der Waals surface area (Å²) in [6.45, 7) is 1.41. The number of nitrogens with zero attached hydrogens (tertiary/aromatic N) is 2. The van der Waals surface area contributed by atoms with Crippen molar-refractivity contribution in [3.8, 4) is 5.88 Å². The first-order valence-corrected chi connectivity index (χ1v) is 4.37. The fourth-order valence-corrected chi connectivity index (χ4v) is 0.992. The van der Waals surface area contributed by atoms with E-state index in [1.807, 2.05) is 7.05 Å². The highest BCUT2D eigenvalue weighted by Gasteiger charge is 1.99. The van der Waals surface area contributed by atoms with Crippen molar-refractivity contribution in [3.05, 3.63) is 17.0 Å². The predicted octanol–water partition coefficient (Wildman–Crippen LogP) is 0.837. The van der Waals surface area contributed by atoms with Crippen molar-refractivity contribution in [1.29, 1.82) is 0 Å². The van der Waals surface area contributed by atoms with Gasteiger partial charge in [0.05, 0.1) is 4.47 Å². The molecule has 0 spiro atoms. The van der Waals surface area contributed by atoms with Gasteiger partial charge in [0.1, 0.15) is 12.9 Å². The summed E-state index contributed by atoms with van der Waals surface area (Å²) >= 11 is 3.28. The maximum atomic E-state index is 5.32. The van der Waals surface area contributed by atoms with Gasteiger partial charge in [-0.05, 0) is 23.0 Å². The summed E-state index contributed by atoms with van der Waals surface area (Å²) in [5.74, 6) is 0.584. The minimum atomic E-state index is 0.584. The predicted molar refractivity (Wildman–Crippen MR) is 49.2 cm³/mol. The van der Waals surface area contributed by atoms with Crippen LogP contribution in [-0.2, 0) is 0 Å². The molecule has 4 nitrogen and oxygen atoms in total. The molecule has 0 amide bonds. The molecule has 1 aromatic rings. The van der Waals surface area contributed by atoms with E-state index in [-0.39, 0.29) is 0 Å². The van der Waals surface area contributed by atoms with Crippen LogP contribution in [0.5, 0.6) is 5.88 Å². The van der Waals surface area contributed by atoms with Crippen LogP contribution in [0.25, 0.3) is 0 Å². The Morgan fingerprint density at radius 2 is 2.50 bits per heavy atom. The zero-order valence-electron chi connectivity index (χ0n) is 6.75. The fourth-order valence-electron chi connectivity index (χ4n) is 0.657. The lowest BCUT2D eigenvalue weighted by Crippen LogP contribution is -2.16. The third kappa shape index (κ3) is 2.75. The molecule has 0 saturated carbocycles. The molecule has 0 unspecified atom stereocenters. The van der Waals surface area contributed by atoms with E-state index < -0.39 is 0 Å². The molecule has 12 heavy (non-hydrogen) atoms. The third-order valence-corrected chi connectivity index (χ3v) is 1.77. The van der Waals surface area contributed by atoms with E-state index in [0.717, 1.165) is 11.0 Å². The minimum absolute atomic E-state index is 0.584. The number of hydrogen-bond donors (Lipinski definition) is 1. The summed E-state index contributed by atoms with van der Waals surface area (Å²) < 4.78 is 6.10. The van der Waals surface area contributed by atoms with Crippen LogP contribution in [0.15, 0.2) is 17.0 Å². The Kier molecular flexibility index (Phi) is 3.96. The lowest BCUT2D eigenvalue weighted by Gasteiger charge is -2.04. The van der Waals surface area contributed by atoms with Gasteiger partial charge in [-0.2, -0.15) is 0 Å². The first-order valence-electron chi connectivity index (χ1n) is 3.57. The number of hydrogen-bond acceptors (Lipinski definition) is 4. The van der Waals surface area contributed by atoms with Crippen LogP contribution >= 0.6 is 15.9 Å². The van der Waals surface area contributed by atoms with E-state index >= 15 is 0 Å². The molecule has 0 aliphatic rings. The van der Waals surface area contributed by atoms with Crippen LogP contribution in [-0.4, -0.2) is 30.2 Å². The van der Waals surface area contributed by atoms with E-state index in [4.69, 9.17) is 4.74 Å². The summed E-state index contributed by atoms with van der Waals surface area (Å²) in [7, 11) is 1.87. The Hall–Kier alpha value is -0.680. The largest absolute Gasteiger partial charge is 0.475 e. The molecular weight excluding hydrogens is 222 g/mol. The normalized spacial score (nSPS) is 9.83. The lowest BCUT2D eigenvalue weighted by atomic mass is 10.6. The van der Waals surface area contributed by atoms with Gasteiger partial charge >= 0.3 is 0 Å². The average Bonchev–Trinajstić information content (AvgIpc) is 2.09. The molecule has 0 radical (unpaired) electrons. The van der Waals surface area contributed by atoms with Gasteiger partial charge in [0.15, 0.2) is 0 Å². The summed E-state index contributed by atoms with van der Waals surface area (Å²) in [5, 5.41) is 2.97. The van der Waals surface area contributed by atoms with Gasteiger partial charge in [-0.25, -0.2) is 9.97 Å². The van der Waals surface area contributed by atoms with Crippen molar-refractivity contribution < 1.29 is 4.74 Å². The number of rotatable bonds is 4. The van der Waals surface area contributed by atoms with Crippen molar-refractivity contribution in [2.75, 3.05) is 20.2 Å². The molecule has 0 saturated heterocycles. The Labute approximate surface area is 79.5 Å². The highest BCUT2D eigenvalue weighted by Crippen LogP contribution is 2.18. The first-order chi connectivity index (χ1) is 5.84. The van der Waals surface area contributed by atoms with Crippen LogP contribution in [0.3, 0.4) is 0 Å². The van der Waals surface area contributed by atoms with E-state index in [9.17, 15) is 0 Å². The second kappa shape index (κ2) is 5.05. The molecule has 0 aliphatic heterocycles. The minimum Gasteiger partial charge on any atom is -0.475 e. The Morgan fingerprint density at radius 3 is 3.17 bits per heavy atom. The van der Waals surface area contributed by atoms with E-state index in [0.29, 0.717) is 12.5 Å². The van der Waals surface area contributed by atoms with Gasteiger partial charge in [0, 0.05) is 12.7 Å². The molecular formula is C7H10BrN3O. The van der Waals surface area contributed by atoms with Crippen LogP contribution in [0.1, 0.15) is 0 Å². The first kappa shape index (κ1) is 9.41. The smallest absolute Gasteiger partial charge is 0.231 e. The molecule has 1 heterocycles. The van der Waals surface area contributed by atoms with Crippen molar-refractivity contribution in [2.24, 2.45) is 0 Å². The molecule has 1 aromatic heterocycles. The van der Waals surface area contributed by atoms with Gasteiger partial charge in [-0.15, -0.1) is 0 Å². The SMILES string of the molecule is CNCCOc1ncncc1Br. The Morgan fingerprint density at radius 1 is 1.67 bits per heavy atom. The molecule has 0 aliphatic carbocycles. The van der Waals surface area contributed by atoms with Crippen LogP contribution in [0.4, 0.5) is 0 Å². The zero-order chi connectivity index (χ0) is 8.81. The molecule has 0 aromatic carbocycles. The fraction of sp³-hybridized carbons (Fsp3) is 0.429. The molecule has 66 valence electrons. The summed E-state index contributed by atoms with van der Waals surface area (Å²) in [6, 6.07) is 0. The summed E-state index contributed by atoms with van der Waals surface area (Å²) in [5.41, 5.74) is 0. The lowest BCUT2D eigenvalue weighted by molar-refractivity contribution is 0.303. The highest BCUT2D eigenvalue weighted by molar-refractivity contribution is 9.10. The van der Waals surface area contributed by atoms with Crippen LogP contribution in [0.2, 0.25) is 0 Å². The monoisotopic (exact) mass is 231 g/mol. The van der Waals surface area contributed by atoms with E-state index in [2.05, 4.69) is 31.2 Å². The Balaban J connectivity index is 2.46. The average molecular weight is 232 g/mol. The van der Waals surface area contributed by atoms with Crippen molar-refractivity contribution >= 4 is 15.9 Å².